The van der Waals surface area contributed by atoms with Gasteiger partial charge in [0.15, 0.2) is 9.84 Å². The van der Waals surface area contributed by atoms with Crippen LogP contribution in [0.4, 0.5) is 0 Å². The van der Waals surface area contributed by atoms with Gasteiger partial charge in [0.1, 0.15) is 0 Å². The Labute approximate surface area is 65.0 Å². The number of allylic oxidation sites excluding steroid dienone is 1. The Morgan fingerprint density at radius 3 is 2.64 bits per heavy atom. The zero-order valence-electron chi connectivity index (χ0n) is 5.86. The monoisotopic (exact) mass is 175 g/mol. The van der Waals surface area contributed by atoms with E-state index < -0.39 is 15.7 Å². The van der Waals surface area contributed by atoms with E-state index in [1.807, 2.05) is 0 Å². The Kier molecular flexibility index (Phi) is 1.99. The number of carbonyl (C=O) groups is 1. The standard InChI is InChI=1S/C6H9NO3S/c7-6(8)3-5-1-2-11(9,10)4-5/h1-2,5H,3-4H2,(H2,7,8)/t5-/m0/s1. The lowest BCUT2D eigenvalue weighted by Gasteiger charge is -2.00. The van der Waals surface area contributed by atoms with E-state index in [-0.39, 0.29) is 18.1 Å². The van der Waals surface area contributed by atoms with Crippen LogP contribution in [0, 0.1) is 5.92 Å². The molecule has 0 aromatic carbocycles. The third-order valence-electron chi connectivity index (χ3n) is 1.47. The maximum absolute atomic E-state index is 10.8. The molecule has 0 unspecified atom stereocenters. The normalized spacial score (nSPS) is 27.1. The molecule has 0 aliphatic carbocycles. The van der Waals surface area contributed by atoms with Crippen molar-refractivity contribution in [1.82, 2.24) is 0 Å². The highest BCUT2D eigenvalue weighted by Gasteiger charge is 2.22. The van der Waals surface area contributed by atoms with Crippen LogP contribution >= 0.6 is 0 Å². The highest BCUT2D eigenvalue weighted by Crippen LogP contribution is 2.17. The highest BCUT2D eigenvalue weighted by atomic mass is 32.2. The van der Waals surface area contributed by atoms with Crippen molar-refractivity contribution < 1.29 is 13.2 Å². The molecule has 4 nitrogen and oxygen atoms in total. The summed E-state index contributed by atoms with van der Waals surface area (Å²) < 4.78 is 21.6. The molecule has 5 heteroatoms. The summed E-state index contributed by atoms with van der Waals surface area (Å²) >= 11 is 0. The topological polar surface area (TPSA) is 77.2 Å². The minimum absolute atomic E-state index is 0.0237. The number of hydrogen-bond acceptors (Lipinski definition) is 3. The van der Waals surface area contributed by atoms with Crippen molar-refractivity contribution in [2.24, 2.45) is 11.7 Å². The molecular weight excluding hydrogens is 166 g/mol. The molecule has 1 aliphatic heterocycles. The Bertz CT molecular complexity index is 291. The maximum Gasteiger partial charge on any atom is 0.218 e. The molecule has 0 saturated carbocycles. The average molecular weight is 175 g/mol. The van der Waals surface area contributed by atoms with E-state index in [0.717, 1.165) is 5.41 Å². The molecule has 0 radical (unpaired) electrons. The van der Waals surface area contributed by atoms with E-state index in [1.54, 1.807) is 0 Å². The second-order valence-electron chi connectivity index (χ2n) is 2.59. The van der Waals surface area contributed by atoms with Gasteiger partial charge < -0.3 is 5.73 Å². The highest BCUT2D eigenvalue weighted by molar-refractivity contribution is 7.94. The molecule has 0 saturated heterocycles. The van der Waals surface area contributed by atoms with Crippen LogP contribution in [0.2, 0.25) is 0 Å². The smallest absolute Gasteiger partial charge is 0.218 e. The molecule has 0 spiro atoms. The average Bonchev–Trinajstić information content (AvgIpc) is 2.08. The van der Waals surface area contributed by atoms with Gasteiger partial charge in [0.25, 0.3) is 0 Å². The first-order valence-electron chi connectivity index (χ1n) is 3.19. The van der Waals surface area contributed by atoms with Crippen molar-refractivity contribution in [3.63, 3.8) is 0 Å². The summed E-state index contributed by atoms with van der Waals surface area (Å²) in [6.45, 7) is 0. The molecule has 0 aromatic rings. The quantitative estimate of drug-likeness (QED) is 0.610. The fourth-order valence-electron chi connectivity index (χ4n) is 1.03. The van der Waals surface area contributed by atoms with Gasteiger partial charge >= 0.3 is 0 Å². The SMILES string of the molecule is NC(=O)C[C@@H]1C=CS(=O)(=O)C1. The Hall–Kier alpha value is -0.840. The van der Waals surface area contributed by atoms with Gasteiger partial charge in [-0.1, -0.05) is 6.08 Å². The summed E-state index contributed by atoms with van der Waals surface area (Å²) in [7, 11) is -3.03. The van der Waals surface area contributed by atoms with Crippen LogP contribution in [0.1, 0.15) is 6.42 Å². The van der Waals surface area contributed by atoms with Crippen molar-refractivity contribution >= 4 is 15.7 Å². The van der Waals surface area contributed by atoms with Gasteiger partial charge in [0.05, 0.1) is 5.75 Å². The number of nitrogens with two attached hydrogens (primary N) is 1. The van der Waals surface area contributed by atoms with E-state index in [9.17, 15) is 13.2 Å². The lowest BCUT2D eigenvalue weighted by molar-refractivity contribution is -0.118. The molecule has 1 atom stereocenters. The number of hydrogen-bond donors (Lipinski definition) is 1. The summed E-state index contributed by atoms with van der Waals surface area (Å²) in [6.07, 6.45) is 1.63. The Balaban J connectivity index is 2.58. The van der Waals surface area contributed by atoms with Crippen molar-refractivity contribution in [1.29, 1.82) is 0 Å². The van der Waals surface area contributed by atoms with Gasteiger partial charge in [-0.05, 0) is 0 Å². The van der Waals surface area contributed by atoms with Crippen LogP contribution in [0.5, 0.6) is 0 Å². The van der Waals surface area contributed by atoms with Crippen molar-refractivity contribution in [3.8, 4) is 0 Å². The predicted octanol–water partition coefficient (Wildman–Crippen LogP) is -0.580. The number of amides is 1. The minimum atomic E-state index is -3.03. The van der Waals surface area contributed by atoms with Gasteiger partial charge in [-0.25, -0.2) is 8.42 Å². The molecule has 2 N–H and O–H groups in total. The predicted molar refractivity (Wildman–Crippen MR) is 40.2 cm³/mol. The first-order chi connectivity index (χ1) is 4.99. The van der Waals surface area contributed by atoms with Gasteiger partial charge in [-0.3, -0.25) is 4.79 Å². The number of primary amides is 1. The lowest BCUT2D eigenvalue weighted by atomic mass is 10.1. The molecule has 1 rings (SSSR count). The number of carbonyl (C=O) groups excluding carboxylic acids is 1. The van der Waals surface area contributed by atoms with Crippen LogP contribution in [0.15, 0.2) is 11.5 Å². The summed E-state index contributed by atoms with van der Waals surface area (Å²) in [4.78, 5) is 10.4. The molecule has 1 heterocycles. The zero-order valence-corrected chi connectivity index (χ0v) is 6.67. The van der Waals surface area contributed by atoms with E-state index >= 15 is 0 Å². The van der Waals surface area contributed by atoms with Gasteiger partial charge in [-0.15, -0.1) is 0 Å². The summed E-state index contributed by atoms with van der Waals surface area (Å²) in [5, 5.41) is 1.14. The van der Waals surface area contributed by atoms with Crippen LogP contribution in [0.3, 0.4) is 0 Å². The summed E-state index contributed by atoms with van der Waals surface area (Å²) in [5.41, 5.74) is 4.89. The minimum Gasteiger partial charge on any atom is -0.370 e. The molecule has 0 fully saturated rings. The summed E-state index contributed by atoms with van der Waals surface area (Å²) in [5.74, 6) is -0.648. The Morgan fingerprint density at radius 1 is 1.64 bits per heavy atom. The van der Waals surface area contributed by atoms with Gasteiger partial charge in [0, 0.05) is 17.7 Å². The largest absolute Gasteiger partial charge is 0.370 e. The fourth-order valence-corrected chi connectivity index (χ4v) is 2.42. The Morgan fingerprint density at radius 2 is 2.27 bits per heavy atom. The van der Waals surface area contributed by atoms with Crippen LogP contribution in [-0.4, -0.2) is 20.1 Å². The van der Waals surface area contributed by atoms with E-state index in [2.05, 4.69) is 0 Å². The van der Waals surface area contributed by atoms with Crippen molar-refractivity contribution in [2.45, 2.75) is 6.42 Å². The van der Waals surface area contributed by atoms with Gasteiger partial charge in [-0.2, -0.15) is 0 Å². The van der Waals surface area contributed by atoms with Crippen LogP contribution in [-0.2, 0) is 14.6 Å². The number of sulfone groups is 1. The lowest BCUT2D eigenvalue weighted by Crippen LogP contribution is -2.17. The van der Waals surface area contributed by atoms with Crippen LogP contribution < -0.4 is 5.73 Å². The van der Waals surface area contributed by atoms with Crippen LogP contribution in [0.25, 0.3) is 0 Å². The first-order valence-corrected chi connectivity index (χ1v) is 4.90. The molecule has 1 aliphatic rings. The van der Waals surface area contributed by atoms with Crippen molar-refractivity contribution in [3.05, 3.63) is 11.5 Å². The maximum atomic E-state index is 10.8. The van der Waals surface area contributed by atoms with Crippen molar-refractivity contribution in [2.75, 3.05) is 5.75 Å². The fraction of sp³-hybridized carbons (Fsp3) is 0.500. The first kappa shape index (κ1) is 8.26. The molecule has 0 bridgehead atoms. The molecule has 11 heavy (non-hydrogen) atoms. The van der Waals surface area contributed by atoms with E-state index in [1.165, 1.54) is 6.08 Å². The summed E-state index contributed by atoms with van der Waals surface area (Å²) in [6, 6.07) is 0. The molecule has 1 amide bonds. The van der Waals surface area contributed by atoms with Gasteiger partial charge in [0.2, 0.25) is 5.91 Å². The third-order valence-corrected chi connectivity index (χ3v) is 2.93. The third kappa shape index (κ3) is 2.34. The second-order valence-corrected chi connectivity index (χ2v) is 4.52. The molecule has 0 aromatic heterocycles. The molecular formula is C6H9NO3S. The molecule has 62 valence electrons. The number of rotatable bonds is 2. The second kappa shape index (κ2) is 2.65. The van der Waals surface area contributed by atoms with E-state index in [0.29, 0.717) is 0 Å². The zero-order chi connectivity index (χ0) is 8.48. The van der Waals surface area contributed by atoms with E-state index in [4.69, 9.17) is 5.73 Å².